The first-order chi connectivity index (χ1) is 12.0. The number of carbonyl (C=O) groups excluding carboxylic acids is 1. The molecule has 2 aromatic rings. The maximum atomic E-state index is 11.7. The summed E-state index contributed by atoms with van der Waals surface area (Å²) in [4.78, 5) is 21.9. The third-order valence-corrected chi connectivity index (χ3v) is 3.40. The number of hydrogen-bond acceptors (Lipinski definition) is 5. The fourth-order valence-electron chi connectivity index (χ4n) is 2.03. The molecular weight excluding hydrogens is 322 g/mol. The molecule has 0 spiro atoms. The maximum absolute atomic E-state index is 11.7. The molecular formula is C18H19N3O4. The largest absolute Gasteiger partial charge is 0.484 e. The van der Waals surface area contributed by atoms with Crippen molar-refractivity contribution in [3.05, 3.63) is 69.8 Å². The minimum Gasteiger partial charge on any atom is -0.484 e. The summed E-state index contributed by atoms with van der Waals surface area (Å²) in [6.07, 6.45) is 1.34. The Labute approximate surface area is 145 Å². The molecule has 1 amide bonds. The van der Waals surface area contributed by atoms with Gasteiger partial charge in [0, 0.05) is 17.7 Å². The third-order valence-electron chi connectivity index (χ3n) is 3.40. The van der Waals surface area contributed by atoms with Crippen molar-refractivity contribution in [2.75, 3.05) is 6.61 Å². The topological polar surface area (TPSA) is 93.8 Å². The van der Waals surface area contributed by atoms with Crippen LogP contribution in [0, 0.1) is 10.1 Å². The highest BCUT2D eigenvalue weighted by Crippen LogP contribution is 2.18. The number of carbonyl (C=O) groups is 1. The van der Waals surface area contributed by atoms with Gasteiger partial charge in [-0.3, -0.25) is 14.9 Å². The normalized spacial score (nSPS) is 10.8. The van der Waals surface area contributed by atoms with E-state index in [1.54, 1.807) is 12.1 Å². The van der Waals surface area contributed by atoms with Gasteiger partial charge < -0.3 is 4.74 Å². The Hall–Kier alpha value is -3.22. The summed E-state index contributed by atoms with van der Waals surface area (Å²) >= 11 is 0. The van der Waals surface area contributed by atoms with Crippen molar-refractivity contribution in [1.29, 1.82) is 0 Å². The summed E-state index contributed by atoms with van der Waals surface area (Å²) in [5, 5.41) is 14.5. The van der Waals surface area contributed by atoms with E-state index in [-0.39, 0.29) is 12.3 Å². The molecule has 0 atom stereocenters. The number of rotatable bonds is 7. The number of ether oxygens (including phenoxy) is 1. The van der Waals surface area contributed by atoms with E-state index in [1.807, 2.05) is 24.3 Å². The standard InChI is InChI=1S/C18H19N3O4/c1-13(2)15-6-8-17(9-7-15)25-12-18(22)20-19-11-14-4-3-5-16(10-14)21(23)24/h3-11,13H,12H2,1-2H3,(H,20,22)/b19-11+. The second-order valence-corrected chi connectivity index (χ2v) is 5.66. The molecule has 2 aromatic carbocycles. The number of nitrogens with zero attached hydrogens (tertiary/aromatic N) is 2. The van der Waals surface area contributed by atoms with E-state index < -0.39 is 10.8 Å². The molecule has 7 heteroatoms. The van der Waals surface area contributed by atoms with Crippen LogP contribution < -0.4 is 10.2 Å². The molecule has 0 aromatic heterocycles. The van der Waals surface area contributed by atoms with Crippen molar-refractivity contribution >= 4 is 17.8 Å². The van der Waals surface area contributed by atoms with E-state index in [0.717, 1.165) is 0 Å². The van der Waals surface area contributed by atoms with Crippen LogP contribution in [0.4, 0.5) is 5.69 Å². The molecule has 0 saturated carbocycles. The Kier molecular flexibility index (Phi) is 6.22. The Morgan fingerprint density at radius 3 is 2.64 bits per heavy atom. The monoisotopic (exact) mass is 341 g/mol. The summed E-state index contributed by atoms with van der Waals surface area (Å²) in [6.45, 7) is 4.03. The molecule has 0 aliphatic heterocycles. The van der Waals surface area contributed by atoms with Crippen LogP contribution in [-0.4, -0.2) is 23.7 Å². The van der Waals surface area contributed by atoms with Gasteiger partial charge in [-0.15, -0.1) is 0 Å². The van der Waals surface area contributed by atoms with Gasteiger partial charge in [0.15, 0.2) is 6.61 Å². The zero-order valence-electron chi connectivity index (χ0n) is 14.0. The number of hydrogen-bond donors (Lipinski definition) is 1. The minimum atomic E-state index is -0.492. The van der Waals surface area contributed by atoms with Crippen molar-refractivity contribution in [3.63, 3.8) is 0 Å². The van der Waals surface area contributed by atoms with Gasteiger partial charge in [0.05, 0.1) is 11.1 Å². The lowest BCUT2D eigenvalue weighted by Crippen LogP contribution is -2.24. The molecule has 0 aliphatic rings. The zero-order chi connectivity index (χ0) is 18.2. The van der Waals surface area contributed by atoms with Gasteiger partial charge in [-0.25, -0.2) is 5.43 Å². The molecule has 0 unspecified atom stereocenters. The maximum Gasteiger partial charge on any atom is 0.277 e. The molecule has 0 aliphatic carbocycles. The van der Waals surface area contributed by atoms with Crippen LogP contribution in [0.15, 0.2) is 53.6 Å². The van der Waals surface area contributed by atoms with Crippen molar-refractivity contribution < 1.29 is 14.5 Å². The molecule has 0 heterocycles. The quantitative estimate of drug-likeness (QED) is 0.475. The molecule has 0 bridgehead atoms. The number of hydrazone groups is 1. The van der Waals surface area contributed by atoms with Crippen LogP contribution in [0.2, 0.25) is 0 Å². The van der Waals surface area contributed by atoms with Crippen LogP contribution in [0.1, 0.15) is 30.9 Å². The first-order valence-corrected chi connectivity index (χ1v) is 7.75. The zero-order valence-corrected chi connectivity index (χ0v) is 14.0. The highest BCUT2D eigenvalue weighted by molar-refractivity contribution is 5.83. The van der Waals surface area contributed by atoms with Crippen molar-refractivity contribution in [1.82, 2.24) is 5.43 Å². The van der Waals surface area contributed by atoms with Crippen molar-refractivity contribution in [3.8, 4) is 5.75 Å². The van der Waals surface area contributed by atoms with Gasteiger partial charge in [0.25, 0.3) is 11.6 Å². The fourth-order valence-corrected chi connectivity index (χ4v) is 2.03. The predicted octanol–water partition coefficient (Wildman–Crippen LogP) is 3.25. The Bertz CT molecular complexity index is 770. The van der Waals surface area contributed by atoms with Crippen LogP contribution in [-0.2, 0) is 4.79 Å². The van der Waals surface area contributed by atoms with E-state index >= 15 is 0 Å². The second kappa shape index (κ2) is 8.58. The third kappa shape index (κ3) is 5.72. The van der Waals surface area contributed by atoms with Gasteiger partial charge in [0.1, 0.15) is 5.75 Å². The lowest BCUT2D eigenvalue weighted by atomic mass is 10.0. The lowest BCUT2D eigenvalue weighted by Gasteiger charge is -2.08. The first-order valence-electron chi connectivity index (χ1n) is 7.75. The number of benzene rings is 2. The Balaban J connectivity index is 1.82. The van der Waals surface area contributed by atoms with Gasteiger partial charge in [-0.2, -0.15) is 5.10 Å². The van der Waals surface area contributed by atoms with Crippen LogP contribution in [0.5, 0.6) is 5.75 Å². The molecule has 2 rings (SSSR count). The Morgan fingerprint density at radius 2 is 2.00 bits per heavy atom. The second-order valence-electron chi connectivity index (χ2n) is 5.66. The number of nitro benzene ring substituents is 1. The van der Waals surface area contributed by atoms with E-state index in [9.17, 15) is 14.9 Å². The van der Waals surface area contributed by atoms with Gasteiger partial charge in [-0.1, -0.05) is 38.1 Å². The number of nitrogens with one attached hydrogen (secondary N) is 1. The van der Waals surface area contributed by atoms with Crippen LogP contribution >= 0.6 is 0 Å². The van der Waals surface area contributed by atoms with Crippen molar-refractivity contribution in [2.45, 2.75) is 19.8 Å². The lowest BCUT2D eigenvalue weighted by molar-refractivity contribution is -0.384. The van der Waals surface area contributed by atoms with Gasteiger partial charge in [-0.05, 0) is 23.6 Å². The van der Waals surface area contributed by atoms with Crippen LogP contribution in [0.25, 0.3) is 0 Å². The summed E-state index contributed by atoms with van der Waals surface area (Å²) in [7, 11) is 0. The molecule has 25 heavy (non-hydrogen) atoms. The number of amides is 1. The molecule has 0 fully saturated rings. The molecule has 7 nitrogen and oxygen atoms in total. The van der Waals surface area contributed by atoms with Crippen molar-refractivity contribution in [2.24, 2.45) is 5.10 Å². The molecule has 0 saturated heterocycles. The smallest absolute Gasteiger partial charge is 0.277 e. The molecule has 0 radical (unpaired) electrons. The minimum absolute atomic E-state index is 0.0385. The summed E-state index contributed by atoms with van der Waals surface area (Å²) in [6, 6.07) is 13.5. The summed E-state index contributed by atoms with van der Waals surface area (Å²) in [5.74, 6) is 0.609. The summed E-state index contributed by atoms with van der Waals surface area (Å²) < 4.78 is 5.38. The highest BCUT2D eigenvalue weighted by Gasteiger charge is 2.05. The average Bonchev–Trinajstić information content (AvgIpc) is 2.60. The van der Waals surface area contributed by atoms with E-state index in [0.29, 0.717) is 17.2 Å². The number of non-ortho nitro benzene ring substituents is 1. The molecule has 130 valence electrons. The van der Waals surface area contributed by atoms with Gasteiger partial charge >= 0.3 is 0 Å². The fraction of sp³-hybridized carbons (Fsp3) is 0.222. The predicted molar refractivity (Wildman–Crippen MR) is 94.9 cm³/mol. The SMILES string of the molecule is CC(C)c1ccc(OCC(=O)N/N=C/c2cccc([N+](=O)[O-])c2)cc1. The van der Waals surface area contributed by atoms with E-state index in [1.165, 1.54) is 23.9 Å². The molecule has 1 N–H and O–H groups in total. The number of nitro groups is 1. The van der Waals surface area contributed by atoms with Gasteiger partial charge in [0.2, 0.25) is 0 Å². The van der Waals surface area contributed by atoms with E-state index in [4.69, 9.17) is 4.74 Å². The first kappa shape index (κ1) is 18.1. The Morgan fingerprint density at radius 1 is 1.28 bits per heavy atom. The van der Waals surface area contributed by atoms with E-state index in [2.05, 4.69) is 24.4 Å². The highest BCUT2D eigenvalue weighted by atomic mass is 16.6. The average molecular weight is 341 g/mol. The summed E-state index contributed by atoms with van der Waals surface area (Å²) in [5.41, 5.74) is 3.98. The van der Waals surface area contributed by atoms with Crippen LogP contribution in [0.3, 0.4) is 0 Å².